The van der Waals surface area contributed by atoms with Crippen LogP contribution in [-0.4, -0.2) is 43.4 Å². The molecule has 1 amide bonds. The smallest absolute Gasteiger partial charge is 0.410 e. The van der Waals surface area contributed by atoms with E-state index in [9.17, 15) is 13.2 Å². The van der Waals surface area contributed by atoms with Crippen molar-refractivity contribution in [3.05, 3.63) is 30.3 Å². The zero-order chi connectivity index (χ0) is 19.4. The van der Waals surface area contributed by atoms with Crippen molar-refractivity contribution in [1.82, 2.24) is 4.90 Å². The quantitative estimate of drug-likeness (QED) is 0.764. The van der Waals surface area contributed by atoms with E-state index in [1.54, 1.807) is 29.2 Å². The molecule has 0 spiro atoms. The molecule has 0 N–H and O–H groups in total. The number of hydrogen-bond acceptors (Lipinski definition) is 4. The van der Waals surface area contributed by atoms with Gasteiger partial charge in [-0.15, -0.1) is 0 Å². The first-order valence-corrected chi connectivity index (χ1v) is 11.0. The van der Waals surface area contributed by atoms with E-state index in [-0.39, 0.29) is 23.8 Å². The highest BCUT2D eigenvalue weighted by atomic mass is 32.2. The van der Waals surface area contributed by atoms with Gasteiger partial charge < -0.3 is 9.64 Å². The number of nitrogens with zero attached hydrogens (tertiary/aromatic N) is 1. The minimum Gasteiger partial charge on any atom is -0.444 e. The average molecular weight is 382 g/mol. The molecule has 0 saturated carbocycles. The number of piperidine rings is 1. The van der Waals surface area contributed by atoms with Crippen molar-refractivity contribution in [1.29, 1.82) is 0 Å². The minimum absolute atomic E-state index is 0.0340. The summed E-state index contributed by atoms with van der Waals surface area (Å²) in [4.78, 5) is 14.7. The summed E-state index contributed by atoms with van der Waals surface area (Å²) in [6, 6.07) is 8.60. The summed E-state index contributed by atoms with van der Waals surface area (Å²) in [5.74, 6) is 0.0589. The molecule has 26 heavy (non-hydrogen) atoms. The van der Waals surface area contributed by atoms with E-state index in [1.165, 1.54) is 0 Å². The fraction of sp³-hybridized carbons (Fsp3) is 0.650. The Bertz CT molecular complexity index is 694. The van der Waals surface area contributed by atoms with Crippen molar-refractivity contribution in [2.24, 2.45) is 5.92 Å². The van der Waals surface area contributed by atoms with Gasteiger partial charge in [0.05, 0.1) is 10.6 Å². The monoisotopic (exact) mass is 381 g/mol. The van der Waals surface area contributed by atoms with Crippen LogP contribution in [0, 0.1) is 5.92 Å². The van der Waals surface area contributed by atoms with Crippen LogP contribution in [0.3, 0.4) is 0 Å². The van der Waals surface area contributed by atoms with Gasteiger partial charge in [0.2, 0.25) is 0 Å². The van der Waals surface area contributed by atoms with Gasteiger partial charge in [-0.05, 0) is 64.5 Å². The van der Waals surface area contributed by atoms with Crippen molar-refractivity contribution >= 4 is 15.9 Å². The summed E-state index contributed by atoms with van der Waals surface area (Å²) in [6.45, 7) is 8.21. The number of carbonyl (C=O) groups is 1. The van der Waals surface area contributed by atoms with Gasteiger partial charge in [-0.3, -0.25) is 0 Å². The molecule has 0 aliphatic carbocycles. The van der Waals surface area contributed by atoms with Crippen molar-refractivity contribution in [2.75, 3.05) is 12.3 Å². The molecule has 1 aliphatic rings. The Morgan fingerprint density at radius 2 is 1.88 bits per heavy atom. The van der Waals surface area contributed by atoms with Crippen LogP contribution < -0.4 is 0 Å². The number of likely N-dealkylation sites (tertiary alicyclic amines) is 1. The predicted octanol–water partition coefficient (Wildman–Crippen LogP) is 4.28. The molecule has 0 bridgehead atoms. The third-order valence-corrected chi connectivity index (χ3v) is 6.53. The largest absolute Gasteiger partial charge is 0.444 e. The topological polar surface area (TPSA) is 63.7 Å². The van der Waals surface area contributed by atoms with E-state index in [4.69, 9.17) is 4.74 Å². The van der Waals surface area contributed by atoms with Gasteiger partial charge in [-0.25, -0.2) is 13.2 Å². The second-order valence-electron chi connectivity index (χ2n) is 8.26. The fourth-order valence-corrected chi connectivity index (χ4v) is 5.09. The van der Waals surface area contributed by atoms with Crippen LogP contribution in [0.5, 0.6) is 0 Å². The molecule has 0 aromatic heterocycles. The highest BCUT2D eigenvalue weighted by Gasteiger charge is 2.32. The summed E-state index contributed by atoms with van der Waals surface area (Å²) in [6.07, 6.45) is 3.30. The standard InChI is InChI=1S/C20H31NO4S/c1-16(15-26(23,24)18-11-6-5-7-12-18)14-17-10-8-9-13-21(17)19(22)25-20(2,3)4/h5-7,11-12,16-17H,8-10,13-15H2,1-4H3/t16-,17+/m1/s1. The van der Waals surface area contributed by atoms with Gasteiger partial charge >= 0.3 is 6.09 Å². The molecule has 0 radical (unpaired) electrons. The lowest BCUT2D eigenvalue weighted by atomic mass is 9.94. The van der Waals surface area contributed by atoms with Crippen molar-refractivity contribution < 1.29 is 17.9 Å². The number of hydrogen-bond donors (Lipinski definition) is 0. The van der Waals surface area contributed by atoms with Crippen LogP contribution in [0.1, 0.15) is 53.4 Å². The Morgan fingerprint density at radius 3 is 2.50 bits per heavy atom. The lowest BCUT2D eigenvalue weighted by Crippen LogP contribution is -2.47. The second kappa shape index (κ2) is 8.42. The van der Waals surface area contributed by atoms with Crippen molar-refractivity contribution in [3.63, 3.8) is 0 Å². The zero-order valence-electron chi connectivity index (χ0n) is 16.3. The SMILES string of the molecule is C[C@H](C[C@@H]1CCCCN1C(=O)OC(C)(C)C)CS(=O)(=O)c1ccccc1. The predicted molar refractivity (Wildman–Crippen MR) is 103 cm³/mol. The van der Waals surface area contributed by atoms with E-state index >= 15 is 0 Å². The fourth-order valence-electron chi connectivity index (χ4n) is 3.44. The molecule has 146 valence electrons. The Balaban J connectivity index is 2.01. The maximum Gasteiger partial charge on any atom is 0.410 e. The van der Waals surface area contributed by atoms with Gasteiger partial charge in [0.15, 0.2) is 9.84 Å². The van der Waals surface area contributed by atoms with E-state index in [0.717, 1.165) is 19.3 Å². The third kappa shape index (κ3) is 6.01. The Hall–Kier alpha value is -1.56. The summed E-state index contributed by atoms with van der Waals surface area (Å²) in [5, 5.41) is 0. The highest BCUT2D eigenvalue weighted by Crippen LogP contribution is 2.26. The average Bonchev–Trinajstić information content (AvgIpc) is 2.54. The Kier molecular flexibility index (Phi) is 6.72. The molecule has 5 nitrogen and oxygen atoms in total. The third-order valence-electron chi connectivity index (χ3n) is 4.54. The minimum atomic E-state index is -3.31. The van der Waals surface area contributed by atoms with Gasteiger partial charge in [0.1, 0.15) is 5.60 Å². The molecular weight excluding hydrogens is 350 g/mol. The Labute approximate surface area is 157 Å². The molecule has 2 rings (SSSR count). The van der Waals surface area contributed by atoms with E-state index < -0.39 is 15.4 Å². The first-order valence-electron chi connectivity index (χ1n) is 9.36. The summed E-state index contributed by atoms with van der Waals surface area (Å²) in [7, 11) is -3.31. The number of amides is 1. The number of benzene rings is 1. The van der Waals surface area contributed by atoms with Crippen molar-refractivity contribution in [2.45, 2.75) is 69.9 Å². The lowest BCUT2D eigenvalue weighted by Gasteiger charge is -2.37. The van der Waals surface area contributed by atoms with Crippen LogP contribution in [0.4, 0.5) is 4.79 Å². The maximum atomic E-state index is 12.6. The molecule has 2 atom stereocenters. The number of ether oxygens (including phenoxy) is 1. The van der Waals surface area contributed by atoms with Crippen LogP contribution in [0.2, 0.25) is 0 Å². The van der Waals surface area contributed by atoms with Crippen molar-refractivity contribution in [3.8, 4) is 0 Å². The number of rotatable bonds is 5. The van der Waals surface area contributed by atoms with Gasteiger partial charge in [-0.1, -0.05) is 25.1 Å². The van der Waals surface area contributed by atoms with Gasteiger partial charge in [-0.2, -0.15) is 0 Å². The van der Waals surface area contributed by atoms with Crippen LogP contribution >= 0.6 is 0 Å². The van der Waals surface area contributed by atoms with Crippen LogP contribution in [-0.2, 0) is 14.6 Å². The molecule has 1 aromatic rings. The van der Waals surface area contributed by atoms with Gasteiger partial charge in [0, 0.05) is 12.6 Å². The molecular formula is C20H31NO4S. The normalized spacial score (nSPS) is 19.8. The summed E-state index contributed by atoms with van der Waals surface area (Å²) >= 11 is 0. The first kappa shape index (κ1) is 20.7. The second-order valence-corrected chi connectivity index (χ2v) is 10.3. The first-order chi connectivity index (χ1) is 12.1. The molecule has 1 saturated heterocycles. The molecule has 1 aromatic carbocycles. The molecule has 1 fully saturated rings. The molecule has 0 unspecified atom stereocenters. The lowest BCUT2D eigenvalue weighted by molar-refractivity contribution is 0.00752. The number of carbonyl (C=O) groups excluding carboxylic acids is 1. The van der Waals surface area contributed by atoms with E-state index in [2.05, 4.69) is 0 Å². The maximum absolute atomic E-state index is 12.6. The molecule has 6 heteroatoms. The van der Waals surface area contributed by atoms with E-state index in [0.29, 0.717) is 17.9 Å². The van der Waals surface area contributed by atoms with Gasteiger partial charge in [0.25, 0.3) is 0 Å². The van der Waals surface area contributed by atoms with Crippen LogP contribution in [0.25, 0.3) is 0 Å². The number of sulfone groups is 1. The van der Waals surface area contributed by atoms with E-state index in [1.807, 2.05) is 33.8 Å². The molecule has 1 heterocycles. The summed E-state index contributed by atoms with van der Waals surface area (Å²) in [5.41, 5.74) is -0.526. The zero-order valence-corrected chi connectivity index (χ0v) is 17.1. The summed E-state index contributed by atoms with van der Waals surface area (Å²) < 4.78 is 30.7. The van der Waals surface area contributed by atoms with Crippen LogP contribution in [0.15, 0.2) is 35.2 Å². The molecule has 1 aliphatic heterocycles. The Morgan fingerprint density at radius 1 is 1.23 bits per heavy atom. The highest BCUT2D eigenvalue weighted by molar-refractivity contribution is 7.91.